The van der Waals surface area contributed by atoms with Crippen LogP contribution in [-0.2, 0) is 27.9 Å². The van der Waals surface area contributed by atoms with E-state index in [1.54, 1.807) is 7.11 Å². The van der Waals surface area contributed by atoms with Crippen LogP contribution in [0.2, 0.25) is 10.1 Å². The molecule has 2 aliphatic heterocycles. The number of hydrogen-bond donors (Lipinski definition) is 1. The third kappa shape index (κ3) is 5.00. The molecule has 0 unspecified atom stereocenters. The Hall–Kier alpha value is -0.773. The fourth-order valence-corrected chi connectivity index (χ4v) is 9.79. The van der Waals surface area contributed by atoms with Crippen molar-refractivity contribution < 1.29 is 33.0 Å². The first-order chi connectivity index (χ1) is 13.8. The molecular formula is C22H40O7Si. The Morgan fingerprint density at radius 2 is 1.73 bits per heavy atom. The molecule has 30 heavy (non-hydrogen) atoms. The SMILES string of the molecule is COC(=O)/C=C/[C@H](O)[C@@H](C)[C@@H]1O[C@@H]2CO[Si](C(C)(C)C)(C(C)(C)C)O[C@@H]2C[C@@H]1OC. The van der Waals surface area contributed by atoms with Gasteiger partial charge in [-0.05, 0) is 6.08 Å². The van der Waals surface area contributed by atoms with Crippen LogP contribution < -0.4 is 0 Å². The van der Waals surface area contributed by atoms with Crippen LogP contribution in [0.4, 0.5) is 0 Å². The number of carbonyl (C=O) groups is 1. The molecule has 0 saturated carbocycles. The number of esters is 1. The first-order valence-electron chi connectivity index (χ1n) is 10.7. The van der Waals surface area contributed by atoms with E-state index in [9.17, 15) is 9.90 Å². The lowest BCUT2D eigenvalue weighted by molar-refractivity contribution is -0.221. The average Bonchev–Trinajstić information content (AvgIpc) is 2.67. The second kappa shape index (κ2) is 9.38. The van der Waals surface area contributed by atoms with Crippen molar-refractivity contribution in [2.45, 2.75) is 95.5 Å². The van der Waals surface area contributed by atoms with Gasteiger partial charge in [-0.3, -0.25) is 0 Å². The normalized spacial score (nSPS) is 31.8. The van der Waals surface area contributed by atoms with Crippen LogP contribution in [0.5, 0.6) is 0 Å². The summed E-state index contributed by atoms with van der Waals surface area (Å²) in [7, 11) is 0.372. The molecule has 2 saturated heterocycles. The maximum Gasteiger partial charge on any atom is 0.349 e. The average molecular weight is 445 g/mol. The van der Waals surface area contributed by atoms with Gasteiger partial charge in [0, 0.05) is 35.6 Å². The van der Waals surface area contributed by atoms with E-state index in [1.165, 1.54) is 19.3 Å². The fraction of sp³-hybridized carbons (Fsp3) is 0.864. The summed E-state index contributed by atoms with van der Waals surface area (Å²) in [6.07, 6.45) is 1.56. The Morgan fingerprint density at radius 3 is 2.23 bits per heavy atom. The number of fused-ring (bicyclic) bond motifs is 1. The Kier molecular flexibility index (Phi) is 7.97. The maximum atomic E-state index is 11.3. The van der Waals surface area contributed by atoms with Crippen LogP contribution in [0, 0.1) is 5.92 Å². The second-order valence-corrected chi connectivity index (χ2v) is 15.2. The van der Waals surface area contributed by atoms with Gasteiger partial charge in [-0.1, -0.05) is 48.5 Å². The predicted octanol–water partition coefficient (Wildman–Crippen LogP) is 3.34. The van der Waals surface area contributed by atoms with Crippen molar-refractivity contribution in [2.75, 3.05) is 20.8 Å². The summed E-state index contributed by atoms with van der Waals surface area (Å²) in [4.78, 5) is 11.3. The summed E-state index contributed by atoms with van der Waals surface area (Å²) in [5, 5.41) is 10.3. The van der Waals surface area contributed by atoms with E-state index in [2.05, 4.69) is 46.3 Å². The Morgan fingerprint density at radius 1 is 1.13 bits per heavy atom. The molecule has 7 nitrogen and oxygen atoms in total. The van der Waals surface area contributed by atoms with Gasteiger partial charge in [0.2, 0.25) is 0 Å². The van der Waals surface area contributed by atoms with Crippen molar-refractivity contribution in [1.29, 1.82) is 0 Å². The second-order valence-electron chi connectivity index (χ2n) is 10.5. The van der Waals surface area contributed by atoms with Gasteiger partial charge in [0.05, 0.1) is 38.1 Å². The van der Waals surface area contributed by atoms with Gasteiger partial charge in [0.25, 0.3) is 0 Å². The van der Waals surface area contributed by atoms with E-state index in [0.717, 1.165) is 0 Å². The first kappa shape index (κ1) is 25.5. The fourth-order valence-electron chi connectivity index (χ4n) is 4.83. The van der Waals surface area contributed by atoms with Crippen molar-refractivity contribution in [3.63, 3.8) is 0 Å². The molecule has 0 spiro atoms. The Balaban J connectivity index is 2.19. The zero-order chi connectivity index (χ0) is 22.9. The van der Waals surface area contributed by atoms with Gasteiger partial charge in [-0.25, -0.2) is 4.79 Å². The lowest BCUT2D eigenvalue weighted by Crippen LogP contribution is -2.68. The molecule has 1 N–H and O–H groups in total. The van der Waals surface area contributed by atoms with Gasteiger partial charge >= 0.3 is 14.5 Å². The zero-order valence-corrected chi connectivity index (χ0v) is 20.9. The molecule has 2 aliphatic rings. The molecule has 0 aromatic carbocycles. The van der Waals surface area contributed by atoms with Crippen LogP contribution >= 0.6 is 0 Å². The minimum Gasteiger partial charge on any atom is -0.466 e. The first-order valence-corrected chi connectivity index (χ1v) is 12.5. The molecule has 0 bridgehead atoms. The molecule has 6 atom stereocenters. The third-order valence-electron chi connectivity index (χ3n) is 6.31. The summed E-state index contributed by atoms with van der Waals surface area (Å²) in [6.45, 7) is 15.5. The quantitative estimate of drug-likeness (QED) is 0.395. The van der Waals surface area contributed by atoms with E-state index in [4.69, 9.17) is 18.3 Å². The van der Waals surface area contributed by atoms with Crippen molar-refractivity contribution >= 4 is 14.5 Å². The van der Waals surface area contributed by atoms with Crippen LogP contribution in [0.3, 0.4) is 0 Å². The standard InChI is InChI=1S/C22H40O7Si/c1-14(15(23)10-11-19(24)26-9)20-17(25-8)12-16-18(28-20)13-27-30(29-16,21(2,3)4)22(5,6)7/h10-11,14-18,20,23H,12-13H2,1-9H3/b11-10+/t14-,15+,16-,17+,18-,20+/m1/s1. The van der Waals surface area contributed by atoms with Crippen molar-refractivity contribution in [3.05, 3.63) is 12.2 Å². The molecule has 0 aromatic heterocycles. The molecule has 0 radical (unpaired) electrons. The molecule has 0 aliphatic carbocycles. The smallest absolute Gasteiger partial charge is 0.349 e. The highest BCUT2D eigenvalue weighted by Crippen LogP contribution is 2.55. The number of hydrogen-bond acceptors (Lipinski definition) is 7. The molecule has 2 heterocycles. The number of rotatable bonds is 5. The molecule has 0 aromatic rings. The van der Waals surface area contributed by atoms with Crippen molar-refractivity contribution in [3.8, 4) is 0 Å². The number of ether oxygens (including phenoxy) is 3. The van der Waals surface area contributed by atoms with E-state index < -0.39 is 20.6 Å². The number of methoxy groups -OCH3 is 2. The minimum atomic E-state index is -2.58. The molecular weight excluding hydrogens is 404 g/mol. The van der Waals surface area contributed by atoms with E-state index in [-0.39, 0.29) is 40.4 Å². The van der Waals surface area contributed by atoms with E-state index >= 15 is 0 Å². The predicted molar refractivity (Wildman–Crippen MR) is 116 cm³/mol. The third-order valence-corrected chi connectivity index (χ3v) is 11.5. The summed E-state index contributed by atoms with van der Waals surface area (Å²) in [6, 6.07) is 0. The molecule has 8 heteroatoms. The van der Waals surface area contributed by atoms with E-state index in [0.29, 0.717) is 13.0 Å². The topological polar surface area (TPSA) is 83.5 Å². The van der Waals surface area contributed by atoms with Gasteiger partial charge in [0.1, 0.15) is 6.10 Å². The summed E-state index contributed by atoms with van der Waals surface area (Å²) >= 11 is 0. The maximum absolute atomic E-state index is 11.3. The van der Waals surface area contributed by atoms with Crippen LogP contribution in [0.15, 0.2) is 12.2 Å². The zero-order valence-electron chi connectivity index (χ0n) is 19.9. The van der Waals surface area contributed by atoms with Gasteiger partial charge in [-0.2, -0.15) is 0 Å². The number of aliphatic hydroxyl groups is 1. The summed E-state index contributed by atoms with van der Waals surface area (Å²) < 4.78 is 30.0. The van der Waals surface area contributed by atoms with Crippen molar-refractivity contribution in [1.82, 2.24) is 0 Å². The highest BCUT2D eigenvalue weighted by atomic mass is 28.4. The highest BCUT2D eigenvalue weighted by Gasteiger charge is 2.63. The van der Waals surface area contributed by atoms with Crippen LogP contribution in [0.1, 0.15) is 54.9 Å². The van der Waals surface area contributed by atoms with Gasteiger partial charge < -0.3 is 28.2 Å². The molecule has 2 rings (SSSR count). The van der Waals surface area contributed by atoms with Crippen LogP contribution in [-0.4, -0.2) is 71.0 Å². The highest BCUT2D eigenvalue weighted by molar-refractivity contribution is 6.73. The lowest BCUT2D eigenvalue weighted by atomic mass is 9.87. The molecule has 174 valence electrons. The largest absolute Gasteiger partial charge is 0.466 e. The summed E-state index contributed by atoms with van der Waals surface area (Å²) in [5.74, 6) is -0.792. The Bertz CT molecular complexity index is 608. The molecule has 0 amide bonds. The monoisotopic (exact) mass is 444 g/mol. The Labute approximate surface area is 182 Å². The minimum absolute atomic E-state index is 0.0994. The van der Waals surface area contributed by atoms with Gasteiger partial charge in [-0.15, -0.1) is 0 Å². The molecule has 2 fully saturated rings. The van der Waals surface area contributed by atoms with Crippen molar-refractivity contribution in [2.24, 2.45) is 5.92 Å². The lowest BCUT2D eigenvalue weighted by Gasteiger charge is -2.57. The van der Waals surface area contributed by atoms with E-state index in [1.807, 2.05) is 6.92 Å². The number of aliphatic hydroxyl groups excluding tert-OH is 1. The summed E-state index contributed by atoms with van der Waals surface area (Å²) in [5.41, 5.74) is 0. The van der Waals surface area contributed by atoms with Crippen LogP contribution in [0.25, 0.3) is 0 Å². The van der Waals surface area contributed by atoms with Gasteiger partial charge in [0.15, 0.2) is 0 Å². The number of carbonyl (C=O) groups excluding carboxylic acids is 1.